The van der Waals surface area contributed by atoms with Gasteiger partial charge in [-0.05, 0) is 32.1 Å². The third-order valence-electron chi connectivity index (χ3n) is 2.76. The molecule has 0 aromatic carbocycles. The molecule has 69 valence electrons. The summed E-state index contributed by atoms with van der Waals surface area (Å²) in [5, 5.41) is 0. The van der Waals surface area contributed by atoms with E-state index in [4.69, 9.17) is 4.74 Å². The van der Waals surface area contributed by atoms with Gasteiger partial charge in [0.25, 0.3) is 0 Å². The normalized spacial score (nSPS) is 29.0. The summed E-state index contributed by atoms with van der Waals surface area (Å²) >= 11 is 0. The predicted octanol–water partition coefficient (Wildman–Crippen LogP) is 2.16. The van der Waals surface area contributed by atoms with Crippen LogP contribution >= 0.6 is 0 Å². The molecule has 2 aliphatic heterocycles. The molecule has 2 heteroatoms. The Hall–Kier alpha value is -0.0800. The van der Waals surface area contributed by atoms with Gasteiger partial charge in [0.1, 0.15) is 0 Å². The van der Waals surface area contributed by atoms with Gasteiger partial charge in [-0.15, -0.1) is 0 Å². The molecule has 0 amide bonds. The van der Waals surface area contributed by atoms with Crippen LogP contribution in [0.15, 0.2) is 0 Å². The quantitative estimate of drug-likeness (QED) is 0.595. The molecule has 2 fully saturated rings. The Labute approximate surface area is 74.9 Å². The van der Waals surface area contributed by atoms with E-state index in [-0.39, 0.29) is 0 Å². The van der Waals surface area contributed by atoms with E-state index in [0.717, 1.165) is 6.61 Å². The number of nitrogens with zero attached hydrogens (tertiary/aromatic N) is 1. The molecule has 2 heterocycles. The highest BCUT2D eigenvalue weighted by molar-refractivity contribution is 4.84. The van der Waals surface area contributed by atoms with Crippen molar-refractivity contribution in [1.82, 2.24) is 4.90 Å². The zero-order valence-electron chi connectivity index (χ0n) is 7.72. The Morgan fingerprint density at radius 3 is 2.42 bits per heavy atom. The lowest BCUT2D eigenvalue weighted by Crippen LogP contribution is -2.36. The van der Waals surface area contributed by atoms with Crippen molar-refractivity contribution in [3.05, 3.63) is 6.23 Å². The van der Waals surface area contributed by atoms with Crippen LogP contribution in [0.2, 0.25) is 0 Å². The van der Waals surface area contributed by atoms with E-state index in [2.05, 4.69) is 4.90 Å². The maximum atomic E-state index is 5.66. The molecule has 2 aliphatic rings. The van der Waals surface area contributed by atoms with E-state index >= 15 is 0 Å². The fraction of sp³-hybridized carbons (Fsp3) is 0.900. The van der Waals surface area contributed by atoms with Gasteiger partial charge in [-0.3, -0.25) is 4.90 Å². The van der Waals surface area contributed by atoms with E-state index in [1.807, 2.05) is 0 Å². The second-order valence-electron chi connectivity index (χ2n) is 3.75. The molecule has 0 bridgehead atoms. The summed E-state index contributed by atoms with van der Waals surface area (Å²) < 4.78 is 5.66. The van der Waals surface area contributed by atoms with Crippen LogP contribution in [0.4, 0.5) is 0 Å². The predicted molar refractivity (Wildman–Crippen MR) is 48.5 cm³/mol. The van der Waals surface area contributed by atoms with E-state index < -0.39 is 0 Å². The summed E-state index contributed by atoms with van der Waals surface area (Å²) in [7, 11) is 0. The van der Waals surface area contributed by atoms with Gasteiger partial charge in [-0.2, -0.15) is 0 Å². The molecule has 0 unspecified atom stereocenters. The largest absolute Gasteiger partial charge is 0.356 e. The second kappa shape index (κ2) is 4.24. The van der Waals surface area contributed by atoms with Gasteiger partial charge < -0.3 is 4.74 Å². The van der Waals surface area contributed by atoms with Gasteiger partial charge in [-0.1, -0.05) is 6.42 Å². The Kier molecular flexibility index (Phi) is 3.01. The molecular formula is C10H18NO. The summed E-state index contributed by atoms with van der Waals surface area (Å²) in [6, 6.07) is 0. The molecule has 2 rings (SSSR count). The third-order valence-corrected chi connectivity index (χ3v) is 2.76. The monoisotopic (exact) mass is 168 g/mol. The molecular weight excluding hydrogens is 150 g/mol. The highest BCUT2D eigenvalue weighted by atomic mass is 16.5. The summed E-state index contributed by atoms with van der Waals surface area (Å²) in [6.45, 7) is 3.41. The van der Waals surface area contributed by atoms with Crippen LogP contribution in [0, 0.1) is 6.23 Å². The first-order valence-corrected chi connectivity index (χ1v) is 5.20. The number of ether oxygens (including phenoxy) is 1. The van der Waals surface area contributed by atoms with Crippen molar-refractivity contribution in [3.8, 4) is 0 Å². The first-order valence-electron chi connectivity index (χ1n) is 5.20. The second-order valence-corrected chi connectivity index (χ2v) is 3.75. The minimum atomic E-state index is 0.950. The molecule has 12 heavy (non-hydrogen) atoms. The van der Waals surface area contributed by atoms with Crippen LogP contribution in [0.3, 0.4) is 0 Å². The average molecular weight is 168 g/mol. The topological polar surface area (TPSA) is 12.5 Å². The van der Waals surface area contributed by atoms with Gasteiger partial charge in [0.15, 0.2) is 6.23 Å². The smallest absolute Gasteiger partial charge is 0.164 e. The molecule has 0 spiro atoms. The Bertz CT molecular complexity index is 110. The Morgan fingerprint density at radius 1 is 0.917 bits per heavy atom. The molecule has 0 aliphatic carbocycles. The lowest BCUT2D eigenvalue weighted by atomic mass is 10.1. The first-order chi connectivity index (χ1) is 5.97. The van der Waals surface area contributed by atoms with Crippen molar-refractivity contribution in [2.24, 2.45) is 0 Å². The number of rotatable bonds is 1. The van der Waals surface area contributed by atoms with Crippen LogP contribution in [0.5, 0.6) is 0 Å². The van der Waals surface area contributed by atoms with Gasteiger partial charge in [0.2, 0.25) is 0 Å². The number of piperidine rings is 1. The molecule has 0 aromatic heterocycles. The van der Waals surface area contributed by atoms with Crippen LogP contribution < -0.4 is 0 Å². The minimum absolute atomic E-state index is 0.950. The number of likely N-dealkylation sites (tertiary alicyclic amines) is 1. The van der Waals surface area contributed by atoms with E-state index in [9.17, 15) is 0 Å². The highest BCUT2D eigenvalue weighted by Crippen LogP contribution is 2.25. The van der Waals surface area contributed by atoms with Gasteiger partial charge in [0, 0.05) is 19.7 Å². The van der Waals surface area contributed by atoms with E-state index in [1.165, 1.54) is 57.8 Å². The standard InChI is InChI=1S/C10H18NO/c1-3-7-11(8-4-1)10-6-2-5-9-12-10/h1-9H2. The van der Waals surface area contributed by atoms with Gasteiger partial charge >= 0.3 is 0 Å². The SMILES string of the molecule is C1CCN([C]2CCCCO2)CC1. The van der Waals surface area contributed by atoms with Crippen molar-refractivity contribution in [2.45, 2.75) is 38.5 Å². The highest BCUT2D eigenvalue weighted by Gasteiger charge is 2.24. The van der Waals surface area contributed by atoms with Crippen LogP contribution in [0.25, 0.3) is 0 Å². The molecule has 0 atom stereocenters. The summed E-state index contributed by atoms with van der Waals surface area (Å²) in [5.74, 6) is 0. The van der Waals surface area contributed by atoms with E-state index in [0.29, 0.717) is 0 Å². The zero-order valence-corrected chi connectivity index (χ0v) is 7.72. The number of hydrogen-bond donors (Lipinski definition) is 0. The maximum Gasteiger partial charge on any atom is 0.164 e. The zero-order chi connectivity index (χ0) is 8.23. The van der Waals surface area contributed by atoms with Crippen LogP contribution in [-0.2, 0) is 4.74 Å². The molecule has 0 aromatic rings. The van der Waals surface area contributed by atoms with Crippen molar-refractivity contribution < 1.29 is 4.74 Å². The average Bonchev–Trinajstić information content (AvgIpc) is 2.21. The number of hydrogen-bond acceptors (Lipinski definition) is 2. The maximum absolute atomic E-state index is 5.66. The minimum Gasteiger partial charge on any atom is -0.356 e. The fourth-order valence-corrected chi connectivity index (χ4v) is 2.03. The summed E-state index contributed by atoms with van der Waals surface area (Å²) in [6.07, 6.45) is 9.15. The van der Waals surface area contributed by atoms with Crippen LogP contribution in [-0.4, -0.2) is 24.6 Å². The van der Waals surface area contributed by atoms with E-state index in [1.54, 1.807) is 0 Å². The first kappa shape index (κ1) is 8.52. The summed E-state index contributed by atoms with van der Waals surface area (Å²) in [4.78, 5) is 2.45. The van der Waals surface area contributed by atoms with Crippen molar-refractivity contribution in [2.75, 3.05) is 19.7 Å². The molecule has 2 nitrogen and oxygen atoms in total. The third kappa shape index (κ3) is 1.99. The van der Waals surface area contributed by atoms with Crippen molar-refractivity contribution in [1.29, 1.82) is 0 Å². The van der Waals surface area contributed by atoms with Gasteiger partial charge in [0.05, 0.1) is 0 Å². The lowest BCUT2D eigenvalue weighted by molar-refractivity contribution is -0.00394. The van der Waals surface area contributed by atoms with Crippen molar-refractivity contribution >= 4 is 0 Å². The molecule has 2 saturated heterocycles. The fourth-order valence-electron chi connectivity index (χ4n) is 2.03. The molecule has 1 radical (unpaired) electrons. The lowest BCUT2D eigenvalue weighted by Gasteiger charge is -2.35. The van der Waals surface area contributed by atoms with Crippen molar-refractivity contribution in [3.63, 3.8) is 0 Å². The molecule has 0 saturated carbocycles. The Morgan fingerprint density at radius 2 is 1.75 bits per heavy atom. The summed E-state index contributed by atoms with van der Waals surface area (Å²) in [5.41, 5.74) is 0. The molecule has 0 N–H and O–H groups in total. The Balaban J connectivity index is 1.80. The van der Waals surface area contributed by atoms with Gasteiger partial charge in [-0.25, -0.2) is 0 Å². The van der Waals surface area contributed by atoms with Crippen LogP contribution in [0.1, 0.15) is 38.5 Å².